The molecule has 1 unspecified atom stereocenters. The molecule has 3 aliphatic heterocycles. The average Bonchev–Trinajstić information content (AvgIpc) is 2.92. The highest BCUT2D eigenvalue weighted by molar-refractivity contribution is 5.87. The molecule has 0 amide bonds. The zero-order valence-electron chi connectivity index (χ0n) is 25.2. The monoisotopic (exact) mass is 539 g/mol. The second-order valence-corrected chi connectivity index (χ2v) is 13.7. The van der Waals surface area contributed by atoms with Gasteiger partial charge in [0.25, 0.3) is 0 Å². The standard InChI is InChI=1S/C35H45N3O2/c1-9-22-21-38-15-13-23(22)17-31(38)32(27-12-14-36-30-11-10-26(40-8)19-28(27)30)37-20-24-16-25(34(2,3)4)18-29(33(24)39)35(5,6)7/h9-12,14,16,18-20,22-23,31-32,39H,1,13,15,17,21H2,2-8H3/t22-,23-,31+,32+/m0/s1. The summed E-state index contributed by atoms with van der Waals surface area (Å²) in [5.74, 6) is 2.29. The number of fused-ring (bicyclic) bond motifs is 4. The number of ether oxygens (including phenoxy) is 1. The Hall–Kier alpha value is -3.18. The largest absolute Gasteiger partial charge is 0.507 e. The van der Waals surface area contributed by atoms with Crippen LogP contribution in [-0.2, 0) is 10.8 Å². The number of aromatic hydroxyl groups is 1. The Morgan fingerprint density at radius 3 is 2.50 bits per heavy atom. The number of aliphatic imine (C=N–C) groups is 1. The molecular formula is C35H45N3O2. The van der Waals surface area contributed by atoms with Crippen molar-refractivity contribution in [2.24, 2.45) is 16.8 Å². The number of hydrogen-bond donors (Lipinski definition) is 1. The summed E-state index contributed by atoms with van der Waals surface area (Å²) in [4.78, 5) is 12.6. The van der Waals surface area contributed by atoms with Gasteiger partial charge in [0.05, 0.1) is 18.7 Å². The van der Waals surface area contributed by atoms with Crippen LogP contribution in [0, 0.1) is 11.8 Å². The van der Waals surface area contributed by atoms with Crippen molar-refractivity contribution in [3.05, 3.63) is 77.5 Å². The lowest BCUT2D eigenvalue weighted by molar-refractivity contribution is 0.00796. The molecule has 2 aromatic carbocycles. The van der Waals surface area contributed by atoms with E-state index in [-0.39, 0.29) is 22.9 Å². The van der Waals surface area contributed by atoms with E-state index >= 15 is 0 Å². The number of hydrogen-bond acceptors (Lipinski definition) is 5. The van der Waals surface area contributed by atoms with E-state index in [1.54, 1.807) is 7.11 Å². The molecule has 6 rings (SSSR count). The van der Waals surface area contributed by atoms with E-state index in [0.29, 0.717) is 17.6 Å². The van der Waals surface area contributed by atoms with Gasteiger partial charge in [-0.3, -0.25) is 14.9 Å². The molecule has 1 aromatic heterocycles. The van der Waals surface area contributed by atoms with Gasteiger partial charge >= 0.3 is 0 Å². The molecule has 40 heavy (non-hydrogen) atoms. The van der Waals surface area contributed by atoms with E-state index < -0.39 is 0 Å². The molecule has 3 aromatic rings. The summed E-state index contributed by atoms with van der Waals surface area (Å²) in [6.45, 7) is 19.3. The van der Waals surface area contributed by atoms with E-state index in [9.17, 15) is 5.11 Å². The minimum atomic E-state index is -0.195. The number of nitrogens with zero attached hydrogens (tertiary/aromatic N) is 3. The van der Waals surface area contributed by atoms with Gasteiger partial charge in [0.15, 0.2) is 0 Å². The van der Waals surface area contributed by atoms with Gasteiger partial charge in [-0.25, -0.2) is 0 Å². The van der Waals surface area contributed by atoms with Crippen molar-refractivity contribution < 1.29 is 9.84 Å². The van der Waals surface area contributed by atoms with Crippen LogP contribution < -0.4 is 4.74 Å². The minimum absolute atomic E-state index is 0.0541. The van der Waals surface area contributed by atoms with Crippen molar-refractivity contribution >= 4 is 17.1 Å². The van der Waals surface area contributed by atoms with Gasteiger partial charge in [-0.15, -0.1) is 6.58 Å². The molecule has 3 saturated heterocycles. The molecule has 0 saturated carbocycles. The highest BCUT2D eigenvalue weighted by Crippen LogP contribution is 2.44. The van der Waals surface area contributed by atoms with Crippen LogP contribution in [0.25, 0.3) is 10.9 Å². The third-order valence-corrected chi connectivity index (χ3v) is 9.01. The number of phenolic OH excluding ortho intramolecular Hbond substituents is 1. The lowest BCUT2D eigenvalue weighted by Gasteiger charge is -2.51. The Kier molecular flexibility index (Phi) is 7.56. The fourth-order valence-corrected chi connectivity index (χ4v) is 6.54. The first-order valence-electron chi connectivity index (χ1n) is 14.6. The SMILES string of the molecule is C=C[C@H]1CN2CC[C@H]1C[C@@H]2[C@H](N=Cc1cc(C(C)(C)C)cc(C(C)(C)C)c1O)c1ccnc2ccc(OC)cc12. The van der Waals surface area contributed by atoms with Gasteiger partial charge in [0.2, 0.25) is 0 Å². The number of aromatic nitrogens is 1. The van der Waals surface area contributed by atoms with E-state index in [1.807, 2.05) is 24.5 Å². The predicted molar refractivity (Wildman–Crippen MR) is 166 cm³/mol. The van der Waals surface area contributed by atoms with Gasteiger partial charge in [-0.05, 0) is 83.5 Å². The number of benzene rings is 2. The van der Waals surface area contributed by atoms with E-state index in [1.165, 1.54) is 12.0 Å². The Balaban J connectivity index is 1.66. The van der Waals surface area contributed by atoms with Crippen LogP contribution in [-0.4, -0.2) is 47.4 Å². The molecule has 1 N–H and O–H groups in total. The summed E-state index contributed by atoms with van der Waals surface area (Å²) in [6, 6.07) is 12.6. The Labute approximate surface area is 240 Å². The van der Waals surface area contributed by atoms with Crippen LogP contribution in [0.15, 0.2) is 60.2 Å². The summed E-state index contributed by atoms with van der Waals surface area (Å²) < 4.78 is 5.59. The fourth-order valence-electron chi connectivity index (χ4n) is 6.54. The molecule has 3 aliphatic rings. The molecule has 0 aliphatic carbocycles. The van der Waals surface area contributed by atoms with Crippen molar-refractivity contribution in [3.8, 4) is 11.5 Å². The summed E-state index contributed by atoms with van der Waals surface area (Å²) >= 11 is 0. The first kappa shape index (κ1) is 28.4. The van der Waals surface area contributed by atoms with Crippen molar-refractivity contribution in [2.45, 2.75) is 77.3 Å². The van der Waals surface area contributed by atoms with Gasteiger partial charge < -0.3 is 9.84 Å². The summed E-state index contributed by atoms with van der Waals surface area (Å²) in [5, 5.41) is 12.5. The predicted octanol–water partition coefficient (Wildman–Crippen LogP) is 7.60. The first-order valence-corrected chi connectivity index (χ1v) is 14.6. The molecule has 0 spiro atoms. The maximum atomic E-state index is 11.5. The molecule has 0 radical (unpaired) electrons. The van der Waals surface area contributed by atoms with Crippen molar-refractivity contribution in [1.29, 1.82) is 0 Å². The third-order valence-electron chi connectivity index (χ3n) is 9.01. The first-order chi connectivity index (χ1) is 18.9. The van der Waals surface area contributed by atoms with Crippen LogP contribution in [0.4, 0.5) is 0 Å². The molecule has 212 valence electrons. The smallest absolute Gasteiger partial charge is 0.128 e. The van der Waals surface area contributed by atoms with Gasteiger partial charge in [0.1, 0.15) is 11.5 Å². The number of methoxy groups -OCH3 is 1. The number of piperidine rings is 3. The Bertz CT molecular complexity index is 1430. The van der Waals surface area contributed by atoms with E-state index in [0.717, 1.165) is 52.9 Å². The average molecular weight is 540 g/mol. The fraction of sp³-hybridized carbons (Fsp3) is 0.486. The highest BCUT2D eigenvalue weighted by Gasteiger charge is 2.42. The maximum Gasteiger partial charge on any atom is 0.128 e. The highest BCUT2D eigenvalue weighted by atomic mass is 16.5. The summed E-state index contributed by atoms with van der Waals surface area (Å²) in [7, 11) is 1.70. The lowest BCUT2D eigenvalue weighted by Crippen LogP contribution is -2.54. The van der Waals surface area contributed by atoms with Gasteiger partial charge in [-0.2, -0.15) is 0 Å². The van der Waals surface area contributed by atoms with Crippen molar-refractivity contribution in [3.63, 3.8) is 0 Å². The molecule has 4 heterocycles. The second kappa shape index (κ2) is 10.7. The lowest BCUT2D eigenvalue weighted by atomic mass is 9.73. The van der Waals surface area contributed by atoms with Crippen molar-refractivity contribution in [2.75, 3.05) is 20.2 Å². The van der Waals surface area contributed by atoms with Crippen LogP contribution in [0.1, 0.15) is 82.7 Å². The molecule has 3 fully saturated rings. The number of pyridine rings is 1. The zero-order chi connectivity index (χ0) is 28.8. The molecule has 5 heteroatoms. The van der Waals surface area contributed by atoms with Gasteiger partial charge in [0, 0.05) is 41.5 Å². The molecule has 5 atom stereocenters. The Morgan fingerprint density at radius 2 is 1.88 bits per heavy atom. The van der Waals surface area contributed by atoms with Crippen LogP contribution >= 0.6 is 0 Å². The van der Waals surface area contributed by atoms with E-state index in [4.69, 9.17) is 9.73 Å². The van der Waals surface area contributed by atoms with Crippen LogP contribution in [0.2, 0.25) is 0 Å². The maximum absolute atomic E-state index is 11.5. The van der Waals surface area contributed by atoms with Gasteiger partial charge in [-0.1, -0.05) is 53.7 Å². The van der Waals surface area contributed by atoms with Crippen molar-refractivity contribution in [1.82, 2.24) is 9.88 Å². The zero-order valence-corrected chi connectivity index (χ0v) is 25.2. The second-order valence-electron chi connectivity index (χ2n) is 13.7. The summed E-state index contributed by atoms with van der Waals surface area (Å²) in [6.07, 6.45) is 8.24. The Morgan fingerprint density at radius 1 is 1.10 bits per heavy atom. The number of rotatable bonds is 6. The van der Waals surface area contributed by atoms with Crippen LogP contribution in [0.3, 0.4) is 0 Å². The minimum Gasteiger partial charge on any atom is -0.507 e. The topological polar surface area (TPSA) is 58.0 Å². The summed E-state index contributed by atoms with van der Waals surface area (Å²) in [5.41, 5.74) is 4.76. The molecular weight excluding hydrogens is 494 g/mol. The molecule has 2 bridgehead atoms. The molecule has 5 nitrogen and oxygen atoms in total. The van der Waals surface area contributed by atoms with Crippen LogP contribution in [0.5, 0.6) is 11.5 Å². The quantitative estimate of drug-likeness (QED) is 0.259. The third kappa shape index (κ3) is 5.41. The number of phenols is 1. The van der Waals surface area contributed by atoms with E-state index in [2.05, 4.69) is 88.3 Å². The normalized spacial score (nSPS) is 24.0.